The molecule has 1 amide bonds. The Morgan fingerprint density at radius 1 is 1.03 bits per heavy atom. The van der Waals surface area contributed by atoms with Crippen LogP contribution in [-0.2, 0) is 28.5 Å². The summed E-state index contributed by atoms with van der Waals surface area (Å²) in [5.74, 6) is -1.69. The molecule has 8 heteroatoms. The number of carbonyl (C=O) groups excluding carboxylic acids is 2. The fourth-order valence-electron chi connectivity index (χ4n) is 5.38. The van der Waals surface area contributed by atoms with E-state index < -0.39 is 54.5 Å². The van der Waals surface area contributed by atoms with E-state index in [9.17, 15) is 9.59 Å². The SMILES string of the molecule is CCCC[C@@]1(OC)OC(OC(C)=O)[C@@H]2O[C@@H]2[C@H]1N1C(=O)O[C@@H](c2ccccc2)[C@H]1c1ccccc1. The lowest BCUT2D eigenvalue weighted by Gasteiger charge is -2.47. The lowest BCUT2D eigenvalue weighted by Crippen LogP contribution is -2.64. The number of rotatable bonds is 8. The van der Waals surface area contributed by atoms with Crippen LogP contribution >= 0.6 is 0 Å². The van der Waals surface area contributed by atoms with Crippen LogP contribution in [0.25, 0.3) is 0 Å². The number of hydrogen-bond acceptors (Lipinski definition) is 7. The van der Waals surface area contributed by atoms with Gasteiger partial charge in [0, 0.05) is 20.5 Å². The third kappa shape index (κ3) is 4.30. The van der Waals surface area contributed by atoms with Gasteiger partial charge in [0.25, 0.3) is 0 Å². The summed E-state index contributed by atoms with van der Waals surface area (Å²) in [6, 6.07) is 18.5. The number of carbonyl (C=O) groups is 2. The molecule has 0 aromatic heterocycles. The predicted octanol–water partition coefficient (Wildman–Crippen LogP) is 4.51. The normalized spacial score (nSPS) is 33.7. The van der Waals surface area contributed by atoms with Crippen LogP contribution in [0.5, 0.6) is 0 Å². The average molecular weight is 482 g/mol. The minimum atomic E-state index is -1.23. The largest absolute Gasteiger partial charge is 0.439 e. The van der Waals surface area contributed by atoms with Crippen LogP contribution in [0.4, 0.5) is 4.79 Å². The van der Waals surface area contributed by atoms with Gasteiger partial charge in [0.15, 0.2) is 11.9 Å². The maximum absolute atomic E-state index is 13.6. The molecule has 1 unspecified atom stereocenters. The smallest absolute Gasteiger partial charge is 0.411 e. The maximum atomic E-state index is 13.6. The van der Waals surface area contributed by atoms with Crippen LogP contribution in [0.15, 0.2) is 60.7 Å². The van der Waals surface area contributed by atoms with Crippen molar-refractivity contribution in [1.82, 2.24) is 4.90 Å². The zero-order valence-electron chi connectivity index (χ0n) is 20.2. The molecule has 0 spiro atoms. The molecule has 186 valence electrons. The zero-order valence-corrected chi connectivity index (χ0v) is 20.2. The van der Waals surface area contributed by atoms with Crippen LogP contribution < -0.4 is 0 Å². The molecule has 3 fully saturated rings. The highest BCUT2D eigenvalue weighted by Crippen LogP contribution is 2.53. The molecule has 3 saturated heterocycles. The molecule has 35 heavy (non-hydrogen) atoms. The summed E-state index contributed by atoms with van der Waals surface area (Å²) in [5, 5.41) is 0. The fraction of sp³-hybridized carbons (Fsp3) is 0.481. The number of epoxide rings is 1. The first kappa shape index (κ1) is 23.8. The minimum Gasteiger partial charge on any atom is -0.439 e. The van der Waals surface area contributed by atoms with Crippen molar-refractivity contribution in [1.29, 1.82) is 0 Å². The lowest BCUT2D eigenvalue weighted by atomic mass is 9.88. The van der Waals surface area contributed by atoms with E-state index in [1.807, 2.05) is 60.7 Å². The molecule has 3 aliphatic heterocycles. The minimum absolute atomic E-state index is 0.418. The lowest BCUT2D eigenvalue weighted by molar-refractivity contribution is -0.329. The van der Waals surface area contributed by atoms with Crippen molar-refractivity contribution in [2.75, 3.05) is 7.11 Å². The molecular weight excluding hydrogens is 450 g/mol. The van der Waals surface area contributed by atoms with E-state index in [-0.39, 0.29) is 0 Å². The summed E-state index contributed by atoms with van der Waals surface area (Å²) < 4.78 is 29.8. The number of ether oxygens (including phenoxy) is 5. The summed E-state index contributed by atoms with van der Waals surface area (Å²) in [6.45, 7) is 3.41. The first-order valence-corrected chi connectivity index (χ1v) is 12.1. The van der Waals surface area contributed by atoms with E-state index >= 15 is 0 Å². The molecule has 3 aliphatic rings. The van der Waals surface area contributed by atoms with Crippen LogP contribution in [0, 0.1) is 0 Å². The van der Waals surface area contributed by atoms with Gasteiger partial charge >= 0.3 is 12.1 Å². The van der Waals surface area contributed by atoms with Crippen LogP contribution in [-0.4, -0.2) is 54.4 Å². The van der Waals surface area contributed by atoms with Crippen molar-refractivity contribution >= 4 is 12.1 Å². The molecule has 2 aromatic rings. The standard InChI is InChI=1S/C27H31NO7/c1-4-5-16-27(31-3)24(22-23(33-22)25(35-27)32-17(2)29)28-20(18-12-8-6-9-13-18)21(34-26(28)30)19-14-10-7-11-15-19/h6-15,20-25H,4-5,16H2,1-3H3/t20-,21+,22+,23-,24-,25?,27-/m1/s1. The number of methoxy groups -OCH3 is 1. The second kappa shape index (κ2) is 9.60. The molecule has 0 aliphatic carbocycles. The number of cyclic esters (lactones) is 1. The molecule has 0 radical (unpaired) electrons. The van der Waals surface area contributed by atoms with Gasteiger partial charge in [-0.05, 0) is 17.5 Å². The Kier molecular flexibility index (Phi) is 6.53. The monoisotopic (exact) mass is 481 g/mol. The Hall–Kier alpha value is -2.94. The molecule has 2 aromatic carbocycles. The van der Waals surface area contributed by atoms with Gasteiger partial charge in [0.1, 0.15) is 24.3 Å². The van der Waals surface area contributed by atoms with Crippen molar-refractivity contribution in [2.45, 2.75) is 75.6 Å². The Bertz CT molecular complexity index is 1050. The highest BCUT2D eigenvalue weighted by Gasteiger charge is 2.70. The maximum Gasteiger partial charge on any atom is 0.411 e. The van der Waals surface area contributed by atoms with E-state index in [2.05, 4.69) is 6.92 Å². The average Bonchev–Trinajstić information content (AvgIpc) is 3.60. The van der Waals surface area contributed by atoms with E-state index in [4.69, 9.17) is 23.7 Å². The molecule has 0 bridgehead atoms. The topological polar surface area (TPSA) is 86.8 Å². The zero-order chi connectivity index (χ0) is 24.6. The van der Waals surface area contributed by atoms with Crippen molar-refractivity contribution < 1.29 is 33.3 Å². The Morgan fingerprint density at radius 2 is 1.69 bits per heavy atom. The third-order valence-corrected chi connectivity index (χ3v) is 7.01. The molecular formula is C27H31NO7. The first-order valence-electron chi connectivity index (χ1n) is 12.1. The van der Waals surface area contributed by atoms with Gasteiger partial charge in [0.2, 0.25) is 6.29 Å². The van der Waals surface area contributed by atoms with Crippen LogP contribution in [0.1, 0.15) is 56.4 Å². The Morgan fingerprint density at radius 3 is 2.29 bits per heavy atom. The van der Waals surface area contributed by atoms with Gasteiger partial charge < -0.3 is 23.7 Å². The van der Waals surface area contributed by atoms with Crippen molar-refractivity contribution in [2.24, 2.45) is 0 Å². The molecule has 3 heterocycles. The Balaban J connectivity index is 1.58. The van der Waals surface area contributed by atoms with Gasteiger partial charge in [-0.15, -0.1) is 0 Å². The predicted molar refractivity (Wildman–Crippen MR) is 125 cm³/mol. The third-order valence-electron chi connectivity index (χ3n) is 7.01. The summed E-state index contributed by atoms with van der Waals surface area (Å²) in [4.78, 5) is 27.0. The summed E-state index contributed by atoms with van der Waals surface area (Å²) >= 11 is 0. The van der Waals surface area contributed by atoms with Crippen LogP contribution in [0.2, 0.25) is 0 Å². The van der Waals surface area contributed by atoms with E-state index in [0.717, 1.165) is 24.0 Å². The first-order chi connectivity index (χ1) is 17.0. The number of amides is 1. The summed E-state index contributed by atoms with van der Waals surface area (Å²) in [6.07, 6.45) is -0.592. The van der Waals surface area contributed by atoms with Gasteiger partial charge in [-0.1, -0.05) is 74.0 Å². The summed E-state index contributed by atoms with van der Waals surface area (Å²) in [5.41, 5.74) is 1.84. The second-order valence-corrected chi connectivity index (χ2v) is 9.20. The number of unbranched alkanes of at least 4 members (excludes halogenated alkanes) is 1. The number of fused-ring (bicyclic) bond motifs is 1. The Labute approximate surface area is 205 Å². The second-order valence-electron chi connectivity index (χ2n) is 9.20. The summed E-state index contributed by atoms with van der Waals surface area (Å²) in [7, 11) is 1.56. The van der Waals surface area contributed by atoms with Gasteiger partial charge in [-0.3, -0.25) is 9.69 Å². The van der Waals surface area contributed by atoms with Crippen molar-refractivity contribution in [3.63, 3.8) is 0 Å². The molecule has 5 rings (SSSR count). The number of nitrogens with zero attached hydrogens (tertiary/aromatic N) is 1. The van der Waals surface area contributed by atoms with Crippen LogP contribution in [0.3, 0.4) is 0 Å². The molecule has 7 atom stereocenters. The number of esters is 1. The quantitative estimate of drug-likeness (QED) is 0.405. The van der Waals surface area contributed by atoms with Crippen molar-refractivity contribution in [3.05, 3.63) is 71.8 Å². The highest BCUT2D eigenvalue weighted by atomic mass is 16.8. The molecule has 0 N–H and O–H groups in total. The molecule has 8 nitrogen and oxygen atoms in total. The van der Waals surface area contributed by atoms with E-state index in [1.54, 1.807) is 12.0 Å². The highest BCUT2D eigenvalue weighted by molar-refractivity contribution is 5.73. The fourth-order valence-corrected chi connectivity index (χ4v) is 5.38. The van der Waals surface area contributed by atoms with E-state index in [1.165, 1.54) is 6.92 Å². The van der Waals surface area contributed by atoms with E-state index in [0.29, 0.717) is 6.42 Å². The van der Waals surface area contributed by atoms with Gasteiger partial charge in [-0.25, -0.2) is 4.79 Å². The van der Waals surface area contributed by atoms with Gasteiger partial charge in [-0.2, -0.15) is 0 Å². The van der Waals surface area contributed by atoms with Gasteiger partial charge in [0.05, 0.1) is 0 Å². The van der Waals surface area contributed by atoms with Crippen molar-refractivity contribution in [3.8, 4) is 0 Å². The molecule has 0 saturated carbocycles. The number of benzene rings is 2. The number of hydrogen-bond donors (Lipinski definition) is 0.